The highest BCUT2D eigenvalue weighted by Crippen LogP contribution is 2.34. The number of hydrogen-bond donors (Lipinski definition) is 1. The fourth-order valence-electron chi connectivity index (χ4n) is 2.74. The van der Waals surface area contributed by atoms with Crippen LogP contribution in [0.25, 0.3) is 0 Å². The molecule has 4 heteroatoms. The van der Waals surface area contributed by atoms with Crippen LogP contribution in [-0.2, 0) is 9.53 Å². The summed E-state index contributed by atoms with van der Waals surface area (Å²) in [5.41, 5.74) is 1.83. The van der Waals surface area contributed by atoms with Crippen LogP contribution in [0, 0.1) is 5.92 Å². The Kier molecular flexibility index (Phi) is 4.88. The van der Waals surface area contributed by atoms with Crippen LogP contribution in [0.5, 0.6) is 0 Å². The number of nitrogens with one attached hydrogen (secondary N) is 1. The Balaban J connectivity index is 1.49. The Labute approximate surface area is 126 Å². The van der Waals surface area contributed by atoms with Gasteiger partial charge in [-0.05, 0) is 31.3 Å². The smallest absolute Gasteiger partial charge is 0.338 e. The molecule has 2 heterocycles. The van der Waals surface area contributed by atoms with Gasteiger partial charge in [-0.15, -0.1) is 0 Å². The highest BCUT2D eigenvalue weighted by molar-refractivity contribution is 5.96. The lowest BCUT2D eigenvalue weighted by atomic mass is 10.1. The first-order valence-corrected chi connectivity index (χ1v) is 8.01. The van der Waals surface area contributed by atoms with Crippen molar-refractivity contribution < 1.29 is 9.53 Å². The van der Waals surface area contributed by atoms with Gasteiger partial charge in [0.05, 0.1) is 5.57 Å². The van der Waals surface area contributed by atoms with Crippen LogP contribution in [0.4, 0.5) is 0 Å². The highest BCUT2D eigenvalue weighted by atomic mass is 16.5. The zero-order chi connectivity index (χ0) is 14.5. The average molecular weight is 288 g/mol. The molecule has 114 valence electrons. The van der Waals surface area contributed by atoms with Crippen LogP contribution >= 0.6 is 0 Å². The van der Waals surface area contributed by atoms with Gasteiger partial charge in [-0.1, -0.05) is 18.2 Å². The van der Waals surface area contributed by atoms with Crippen LogP contribution in [-0.4, -0.2) is 50.2 Å². The van der Waals surface area contributed by atoms with Gasteiger partial charge in [0.15, 0.2) is 0 Å². The SMILES string of the molecule is O=C1OCC(=CC2CC2)C1=CC=CCCN1CCNCC1. The molecule has 0 aromatic carbocycles. The molecule has 0 radical (unpaired) electrons. The van der Waals surface area contributed by atoms with Crippen molar-refractivity contribution in [3.63, 3.8) is 0 Å². The molecule has 21 heavy (non-hydrogen) atoms. The van der Waals surface area contributed by atoms with E-state index in [9.17, 15) is 4.79 Å². The zero-order valence-electron chi connectivity index (χ0n) is 12.5. The van der Waals surface area contributed by atoms with E-state index in [0.29, 0.717) is 12.5 Å². The molecule has 1 saturated carbocycles. The average Bonchev–Trinajstić information content (AvgIpc) is 3.26. The lowest BCUT2D eigenvalue weighted by Gasteiger charge is -2.26. The number of cyclic esters (lactones) is 1. The monoisotopic (exact) mass is 288 g/mol. The van der Waals surface area contributed by atoms with E-state index in [1.807, 2.05) is 12.2 Å². The maximum Gasteiger partial charge on any atom is 0.338 e. The van der Waals surface area contributed by atoms with Crippen LogP contribution in [0.15, 0.2) is 35.5 Å². The molecular formula is C17H24N2O2. The summed E-state index contributed by atoms with van der Waals surface area (Å²) in [7, 11) is 0. The van der Waals surface area contributed by atoms with Crippen LogP contribution in [0.2, 0.25) is 0 Å². The van der Waals surface area contributed by atoms with Crippen LogP contribution < -0.4 is 5.32 Å². The molecule has 0 aromatic heterocycles. The summed E-state index contributed by atoms with van der Waals surface area (Å²) in [4.78, 5) is 14.2. The van der Waals surface area contributed by atoms with Gasteiger partial charge in [-0.2, -0.15) is 0 Å². The summed E-state index contributed by atoms with van der Waals surface area (Å²) in [6.07, 6.45) is 11.8. The maximum absolute atomic E-state index is 11.7. The molecule has 0 bridgehead atoms. The number of ether oxygens (including phenoxy) is 1. The van der Waals surface area contributed by atoms with Crippen molar-refractivity contribution in [3.8, 4) is 0 Å². The molecule has 0 amide bonds. The molecule has 1 aliphatic carbocycles. The number of carbonyl (C=O) groups is 1. The van der Waals surface area contributed by atoms with Gasteiger partial charge < -0.3 is 15.0 Å². The van der Waals surface area contributed by atoms with E-state index in [1.54, 1.807) is 0 Å². The molecule has 3 fully saturated rings. The fourth-order valence-corrected chi connectivity index (χ4v) is 2.74. The Hall–Kier alpha value is -1.39. The maximum atomic E-state index is 11.7. The van der Waals surface area contributed by atoms with Gasteiger partial charge in [0.25, 0.3) is 0 Å². The van der Waals surface area contributed by atoms with E-state index >= 15 is 0 Å². The Morgan fingerprint density at radius 3 is 2.86 bits per heavy atom. The quantitative estimate of drug-likeness (QED) is 0.617. The summed E-state index contributed by atoms with van der Waals surface area (Å²) in [5, 5.41) is 3.36. The third-order valence-electron chi connectivity index (χ3n) is 4.20. The Morgan fingerprint density at radius 2 is 2.10 bits per heavy atom. The summed E-state index contributed by atoms with van der Waals surface area (Å²) in [6.45, 7) is 6.00. The normalized spacial score (nSPS) is 27.9. The van der Waals surface area contributed by atoms with E-state index in [0.717, 1.165) is 50.3 Å². The van der Waals surface area contributed by atoms with Crippen LogP contribution in [0.3, 0.4) is 0 Å². The Morgan fingerprint density at radius 1 is 1.29 bits per heavy atom. The van der Waals surface area contributed by atoms with Gasteiger partial charge in [0.2, 0.25) is 0 Å². The van der Waals surface area contributed by atoms with Crippen LogP contribution in [0.1, 0.15) is 19.3 Å². The molecule has 1 N–H and O–H groups in total. The van der Waals surface area contributed by atoms with E-state index < -0.39 is 0 Å². The topological polar surface area (TPSA) is 41.6 Å². The number of allylic oxidation sites excluding steroid dienone is 3. The van der Waals surface area contributed by atoms with E-state index in [1.165, 1.54) is 12.8 Å². The second kappa shape index (κ2) is 7.05. The van der Waals surface area contributed by atoms with Gasteiger partial charge in [-0.3, -0.25) is 0 Å². The molecule has 2 aliphatic heterocycles. The van der Waals surface area contributed by atoms with Crippen molar-refractivity contribution in [3.05, 3.63) is 35.5 Å². The first-order valence-electron chi connectivity index (χ1n) is 8.01. The van der Waals surface area contributed by atoms with Gasteiger partial charge in [-0.25, -0.2) is 4.79 Å². The first kappa shape index (κ1) is 14.5. The summed E-state index contributed by atoms with van der Waals surface area (Å²) < 4.78 is 5.13. The number of hydrogen-bond acceptors (Lipinski definition) is 4. The van der Waals surface area contributed by atoms with E-state index in [4.69, 9.17) is 4.74 Å². The molecule has 0 aromatic rings. The predicted octanol–water partition coefficient (Wildman–Crippen LogP) is 1.66. The van der Waals surface area contributed by atoms with Crippen molar-refractivity contribution in [1.29, 1.82) is 0 Å². The van der Waals surface area contributed by atoms with Gasteiger partial charge >= 0.3 is 5.97 Å². The Bertz CT molecular complexity index is 469. The minimum absolute atomic E-state index is 0.173. The van der Waals surface area contributed by atoms with Crippen molar-refractivity contribution in [2.75, 3.05) is 39.3 Å². The molecule has 4 nitrogen and oxygen atoms in total. The largest absolute Gasteiger partial charge is 0.457 e. The molecule has 3 rings (SSSR count). The summed E-state index contributed by atoms with van der Waals surface area (Å²) >= 11 is 0. The van der Waals surface area contributed by atoms with Crippen molar-refractivity contribution in [2.24, 2.45) is 5.92 Å². The van der Waals surface area contributed by atoms with Crippen molar-refractivity contribution in [2.45, 2.75) is 19.3 Å². The molecule has 0 unspecified atom stereocenters. The second-order valence-corrected chi connectivity index (χ2v) is 5.99. The lowest BCUT2D eigenvalue weighted by molar-refractivity contribution is -0.134. The fraction of sp³-hybridized carbons (Fsp3) is 0.588. The lowest BCUT2D eigenvalue weighted by Crippen LogP contribution is -2.43. The number of rotatable bonds is 5. The summed E-state index contributed by atoms with van der Waals surface area (Å²) in [6, 6.07) is 0. The number of carbonyl (C=O) groups excluding carboxylic acids is 1. The zero-order valence-corrected chi connectivity index (χ0v) is 12.5. The number of piperazine rings is 1. The number of esters is 1. The molecule has 2 saturated heterocycles. The van der Waals surface area contributed by atoms with Crippen molar-refractivity contribution in [1.82, 2.24) is 10.2 Å². The summed E-state index contributed by atoms with van der Waals surface area (Å²) in [5.74, 6) is 0.503. The third-order valence-corrected chi connectivity index (χ3v) is 4.20. The standard InChI is InChI=1S/C17H24N2O2/c20-17-16(15(13-21-17)12-14-5-6-14)4-2-1-3-9-19-10-7-18-8-11-19/h1-2,4,12,14,18H,3,5-11,13H2. The highest BCUT2D eigenvalue weighted by Gasteiger charge is 2.27. The molecule has 0 atom stereocenters. The van der Waals surface area contributed by atoms with Crippen molar-refractivity contribution >= 4 is 5.97 Å². The van der Waals surface area contributed by atoms with E-state index in [2.05, 4.69) is 22.4 Å². The second-order valence-electron chi connectivity index (χ2n) is 5.99. The van der Waals surface area contributed by atoms with Gasteiger partial charge in [0.1, 0.15) is 6.61 Å². The van der Waals surface area contributed by atoms with E-state index in [-0.39, 0.29) is 5.97 Å². The van der Waals surface area contributed by atoms with Gasteiger partial charge in [0, 0.05) is 38.3 Å². The minimum atomic E-state index is -0.173. The first-order chi connectivity index (χ1) is 10.3. The predicted molar refractivity (Wildman–Crippen MR) is 82.9 cm³/mol. The third kappa shape index (κ3) is 4.29. The molecule has 0 spiro atoms. The molecule has 3 aliphatic rings. The number of nitrogens with zero attached hydrogens (tertiary/aromatic N) is 1. The minimum Gasteiger partial charge on any atom is -0.457 e. The molecular weight excluding hydrogens is 264 g/mol.